The van der Waals surface area contributed by atoms with Gasteiger partial charge in [-0.2, -0.15) is 0 Å². The molecule has 4 rings (SSSR count). The van der Waals surface area contributed by atoms with Gasteiger partial charge in [0.2, 0.25) is 5.95 Å². The van der Waals surface area contributed by atoms with Gasteiger partial charge in [0.05, 0.1) is 0 Å². The number of hydrogen-bond donors (Lipinski definition) is 1. The first kappa shape index (κ1) is 17.7. The predicted octanol–water partition coefficient (Wildman–Crippen LogP) is 3.29. The van der Waals surface area contributed by atoms with Crippen molar-refractivity contribution in [2.45, 2.75) is 0 Å². The van der Waals surface area contributed by atoms with Crippen LogP contribution in [0.1, 0.15) is 10.5 Å². The second-order valence-corrected chi connectivity index (χ2v) is 7.29. The van der Waals surface area contributed by atoms with Crippen LogP contribution in [0.5, 0.6) is 0 Å². The van der Waals surface area contributed by atoms with E-state index in [2.05, 4.69) is 25.2 Å². The molecule has 0 bridgehead atoms. The summed E-state index contributed by atoms with van der Waals surface area (Å²) >= 11 is 7.31. The van der Waals surface area contributed by atoms with Gasteiger partial charge in [0.25, 0.3) is 5.91 Å². The summed E-state index contributed by atoms with van der Waals surface area (Å²) in [5, 5.41) is 6.10. The molecule has 138 valence electrons. The van der Waals surface area contributed by atoms with Gasteiger partial charge in [0.1, 0.15) is 5.69 Å². The highest BCUT2D eigenvalue weighted by atomic mass is 35.5. The van der Waals surface area contributed by atoms with E-state index in [1.54, 1.807) is 23.8 Å². The van der Waals surface area contributed by atoms with Gasteiger partial charge in [-0.3, -0.25) is 4.79 Å². The lowest BCUT2D eigenvalue weighted by Gasteiger charge is -2.35. The molecule has 0 spiro atoms. The SMILES string of the molecule is O=C(c1csc(Nc2ncccn2)n1)N1CCN(c2ccc(Cl)cc2)CC1. The summed E-state index contributed by atoms with van der Waals surface area (Å²) in [4.78, 5) is 29.4. The Labute approximate surface area is 165 Å². The monoisotopic (exact) mass is 400 g/mol. The number of aromatic nitrogens is 3. The van der Waals surface area contributed by atoms with Crippen LogP contribution in [0.2, 0.25) is 5.02 Å². The van der Waals surface area contributed by atoms with Crippen LogP contribution in [0.15, 0.2) is 48.1 Å². The fourth-order valence-electron chi connectivity index (χ4n) is 2.87. The highest BCUT2D eigenvalue weighted by molar-refractivity contribution is 7.14. The molecule has 1 aliphatic rings. The van der Waals surface area contributed by atoms with Gasteiger partial charge in [0.15, 0.2) is 5.13 Å². The molecule has 1 aromatic carbocycles. The van der Waals surface area contributed by atoms with Crippen LogP contribution in [0, 0.1) is 0 Å². The van der Waals surface area contributed by atoms with Crippen LogP contribution in [0.4, 0.5) is 16.8 Å². The van der Waals surface area contributed by atoms with Crippen molar-refractivity contribution in [3.63, 3.8) is 0 Å². The van der Waals surface area contributed by atoms with E-state index in [9.17, 15) is 4.79 Å². The number of halogens is 1. The van der Waals surface area contributed by atoms with Gasteiger partial charge in [-0.1, -0.05) is 11.6 Å². The van der Waals surface area contributed by atoms with Crippen molar-refractivity contribution in [3.05, 3.63) is 58.8 Å². The Hall–Kier alpha value is -2.71. The number of carbonyl (C=O) groups is 1. The number of rotatable bonds is 4. The van der Waals surface area contributed by atoms with E-state index >= 15 is 0 Å². The molecular weight excluding hydrogens is 384 g/mol. The van der Waals surface area contributed by atoms with Gasteiger partial charge in [-0.05, 0) is 30.3 Å². The fourth-order valence-corrected chi connectivity index (χ4v) is 3.67. The summed E-state index contributed by atoms with van der Waals surface area (Å²) < 4.78 is 0. The number of carbonyl (C=O) groups excluding carboxylic acids is 1. The molecule has 1 fully saturated rings. The molecule has 0 radical (unpaired) electrons. The molecule has 0 atom stereocenters. The number of benzene rings is 1. The summed E-state index contributed by atoms with van der Waals surface area (Å²) in [6, 6.07) is 9.52. The van der Waals surface area contributed by atoms with Crippen LogP contribution in [0.25, 0.3) is 0 Å². The van der Waals surface area contributed by atoms with Crippen LogP contribution >= 0.6 is 22.9 Å². The normalized spacial score (nSPS) is 14.3. The molecule has 0 unspecified atom stereocenters. The van der Waals surface area contributed by atoms with Gasteiger partial charge in [-0.25, -0.2) is 15.0 Å². The van der Waals surface area contributed by atoms with Crippen molar-refractivity contribution in [1.82, 2.24) is 19.9 Å². The molecule has 1 saturated heterocycles. The Bertz CT molecular complexity index is 909. The van der Waals surface area contributed by atoms with Crippen molar-refractivity contribution in [2.24, 2.45) is 0 Å². The topological polar surface area (TPSA) is 74.2 Å². The highest BCUT2D eigenvalue weighted by Crippen LogP contribution is 2.22. The Balaban J connectivity index is 1.36. The summed E-state index contributed by atoms with van der Waals surface area (Å²) in [5.41, 5.74) is 1.56. The van der Waals surface area contributed by atoms with Crippen LogP contribution in [-0.4, -0.2) is 51.9 Å². The zero-order chi connectivity index (χ0) is 18.6. The van der Waals surface area contributed by atoms with E-state index in [0.717, 1.165) is 23.8 Å². The number of thiazole rings is 1. The van der Waals surface area contributed by atoms with Gasteiger partial charge in [-0.15, -0.1) is 11.3 Å². The van der Waals surface area contributed by atoms with Crippen LogP contribution in [-0.2, 0) is 0 Å². The number of hydrogen-bond acceptors (Lipinski definition) is 7. The van der Waals surface area contributed by atoms with Gasteiger partial charge >= 0.3 is 0 Å². The lowest BCUT2D eigenvalue weighted by Crippen LogP contribution is -2.48. The predicted molar refractivity (Wildman–Crippen MR) is 107 cm³/mol. The largest absolute Gasteiger partial charge is 0.368 e. The first-order valence-corrected chi connectivity index (χ1v) is 9.74. The molecule has 2 aromatic heterocycles. The molecule has 0 saturated carbocycles. The van der Waals surface area contributed by atoms with Gasteiger partial charge in [0, 0.05) is 54.7 Å². The number of nitrogens with one attached hydrogen (secondary N) is 1. The summed E-state index contributed by atoms with van der Waals surface area (Å²) in [6.07, 6.45) is 3.30. The number of amides is 1. The minimum atomic E-state index is -0.0518. The third-order valence-electron chi connectivity index (χ3n) is 4.27. The van der Waals surface area contributed by atoms with Crippen molar-refractivity contribution >= 4 is 45.6 Å². The molecule has 3 aromatic rings. The first-order chi connectivity index (χ1) is 13.2. The lowest BCUT2D eigenvalue weighted by molar-refractivity contribution is 0.0742. The maximum absolute atomic E-state index is 12.7. The van der Waals surface area contributed by atoms with E-state index < -0.39 is 0 Å². The smallest absolute Gasteiger partial charge is 0.273 e. The standard InChI is InChI=1S/C18H17ClN6OS/c19-13-2-4-14(5-3-13)24-8-10-25(11-9-24)16(26)15-12-27-18(22-15)23-17-20-6-1-7-21-17/h1-7,12H,8-11H2,(H,20,21,22,23). The van der Waals surface area contributed by atoms with E-state index in [-0.39, 0.29) is 5.91 Å². The molecule has 27 heavy (non-hydrogen) atoms. The van der Waals surface area contributed by atoms with E-state index in [0.29, 0.717) is 29.9 Å². The number of piperazine rings is 1. The number of nitrogens with zero attached hydrogens (tertiary/aromatic N) is 5. The summed E-state index contributed by atoms with van der Waals surface area (Å²) in [7, 11) is 0. The first-order valence-electron chi connectivity index (χ1n) is 8.48. The van der Waals surface area contributed by atoms with Crippen molar-refractivity contribution < 1.29 is 4.79 Å². The van der Waals surface area contributed by atoms with E-state index in [1.165, 1.54) is 11.3 Å². The Morgan fingerprint density at radius 3 is 2.48 bits per heavy atom. The minimum absolute atomic E-state index is 0.0518. The Kier molecular flexibility index (Phi) is 5.17. The van der Waals surface area contributed by atoms with E-state index in [4.69, 9.17) is 11.6 Å². The quantitative estimate of drug-likeness (QED) is 0.724. The molecule has 1 aliphatic heterocycles. The molecular formula is C18H17ClN6OS. The fraction of sp³-hybridized carbons (Fsp3) is 0.222. The third-order valence-corrected chi connectivity index (χ3v) is 5.28. The lowest BCUT2D eigenvalue weighted by atomic mass is 10.2. The van der Waals surface area contributed by atoms with E-state index in [1.807, 2.05) is 29.2 Å². The molecule has 9 heteroatoms. The second kappa shape index (κ2) is 7.89. The average Bonchev–Trinajstić information content (AvgIpc) is 3.17. The third kappa shape index (κ3) is 4.17. The molecule has 3 heterocycles. The number of anilines is 3. The maximum atomic E-state index is 12.7. The molecule has 1 amide bonds. The zero-order valence-corrected chi connectivity index (χ0v) is 16.0. The minimum Gasteiger partial charge on any atom is -0.368 e. The summed E-state index contributed by atoms with van der Waals surface area (Å²) in [6.45, 7) is 2.87. The van der Waals surface area contributed by atoms with Crippen molar-refractivity contribution in [1.29, 1.82) is 0 Å². The second-order valence-electron chi connectivity index (χ2n) is 5.99. The highest BCUT2D eigenvalue weighted by Gasteiger charge is 2.24. The zero-order valence-electron chi connectivity index (χ0n) is 14.4. The van der Waals surface area contributed by atoms with Gasteiger partial charge < -0.3 is 15.1 Å². The maximum Gasteiger partial charge on any atom is 0.273 e. The van der Waals surface area contributed by atoms with Crippen LogP contribution in [0.3, 0.4) is 0 Å². The molecule has 0 aliphatic carbocycles. The van der Waals surface area contributed by atoms with Crippen molar-refractivity contribution in [2.75, 3.05) is 36.4 Å². The molecule has 7 nitrogen and oxygen atoms in total. The van der Waals surface area contributed by atoms with Crippen LogP contribution < -0.4 is 10.2 Å². The molecule has 1 N–H and O–H groups in total. The Morgan fingerprint density at radius 1 is 1.07 bits per heavy atom. The Morgan fingerprint density at radius 2 is 1.78 bits per heavy atom. The average molecular weight is 401 g/mol. The summed E-state index contributed by atoms with van der Waals surface area (Å²) in [5.74, 6) is 0.409. The van der Waals surface area contributed by atoms with Crippen molar-refractivity contribution in [3.8, 4) is 0 Å².